The van der Waals surface area contributed by atoms with Crippen LogP contribution in [0.1, 0.15) is 16.7 Å². The summed E-state index contributed by atoms with van der Waals surface area (Å²) in [6, 6.07) is 7.06. The molecule has 0 fully saturated rings. The molecule has 2 N–H and O–H groups in total. The fourth-order valence-electron chi connectivity index (χ4n) is 1.89. The highest BCUT2D eigenvalue weighted by Gasteiger charge is 2.35. The maximum absolute atomic E-state index is 13.1. The van der Waals surface area contributed by atoms with Gasteiger partial charge in [-0.1, -0.05) is 17.8 Å². The van der Waals surface area contributed by atoms with E-state index >= 15 is 0 Å². The molecule has 0 bridgehead atoms. The van der Waals surface area contributed by atoms with E-state index in [1.165, 1.54) is 6.07 Å². The Balaban J connectivity index is 2.51. The molecule has 0 saturated heterocycles. The van der Waals surface area contributed by atoms with Crippen LogP contribution in [-0.2, 0) is 12.4 Å². The van der Waals surface area contributed by atoms with Crippen LogP contribution in [0.2, 0.25) is 0 Å². The number of benzene rings is 2. The van der Waals surface area contributed by atoms with Crippen LogP contribution in [0.15, 0.2) is 46.2 Å². The van der Waals surface area contributed by atoms with Gasteiger partial charge in [0.1, 0.15) is 6.07 Å². The minimum atomic E-state index is -4.71. The Bertz CT molecular complexity index is 805. The van der Waals surface area contributed by atoms with Crippen LogP contribution in [0, 0.1) is 11.3 Å². The van der Waals surface area contributed by atoms with E-state index in [0.717, 1.165) is 24.3 Å². The molecule has 0 amide bonds. The van der Waals surface area contributed by atoms with Crippen molar-refractivity contribution >= 4 is 17.4 Å². The molecular formula is C15H8F6N2S. The maximum atomic E-state index is 13.1. The highest BCUT2D eigenvalue weighted by Crippen LogP contribution is 2.43. The van der Waals surface area contributed by atoms with Crippen LogP contribution in [0.5, 0.6) is 0 Å². The van der Waals surface area contributed by atoms with E-state index in [9.17, 15) is 26.3 Å². The Morgan fingerprint density at radius 2 is 1.62 bits per heavy atom. The van der Waals surface area contributed by atoms with Crippen LogP contribution in [0.4, 0.5) is 32.0 Å². The molecule has 0 radical (unpaired) electrons. The highest BCUT2D eigenvalue weighted by molar-refractivity contribution is 7.99. The topological polar surface area (TPSA) is 49.8 Å². The standard InChI is InChI=1S/C15H8F6N2S/c16-14(17,18)9-4-5-12(11(23)6-9)24-13-8(7-22)2-1-3-10(13)15(19,20)21/h1-6H,23H2. The molecule has 2 nitrogen and oxygen atoms in total. The molecule has 0 aliphatic heterocycles. The normalized spacial score (nSPS) is 12.0. The summed E-state index contributed by atoms with van der Waals surface area (Å²) < 4.78 is 77.1. The summed E-state index contributed by atoms with van der Waals surface area (Å²) in [4.78, 5) is -0.407. The summed E-state index contributed by atoms with van der Waals surface area (Å²) in [7, 11) is 0. The largest absolute Gasteiger partial charge is 0.417 e. The van der Waals surface area contributed by atoms with Gasteiger partial charge in [-0.3, -0.25) is 0 Å². The van der Waals surface area contributed by atoms with Crippen molar-refractivity contribution in [3.63, 3.8) is 0 Å². The molecule has 0 heterocycles. The lowest BCUT2D eigenvalue weighted by Crippen LogP contribution is -2.08. The summed E-state index contributed by atoms with van der Waals surface area (Å²) >= 11 is 0.503. The third-order valence-electron chi connectivity index (χ3n) is 2.99. The molecule has 0 unspecified atom stereocenters. The van der Waals surface area contributed by atoms with E-state index in [1.807, 2.05) is 0 Å². The van der Waals surface area contributed by atoms with Gasteiger partial charge >= 0.3 is 12.4 Å². The number of nitrogens with zero attached hydrogens (tertiary/aromatic N) is 1. The smallest absolute Gasteiger partial charge is 0.398 e. The second-order valence-electron chi connectivity index (χ2n) is 4.64. The zero-order valence-corrected chi connectivity index (χ0v) is 12.5. The Hall–Kier alpha value is -2.34. The summed E-state index contributed by atoms with van der Waals surface area (Å²) in [5, 5.41) is 9.00. The number of nitriles is 1. The first-order chi connectivity index (χ1) is 11.0. The Kier molecular flexibility index (Phi) is 4.71. The van der Waals surface area contributed by atoms with E-state index in [1.54, 1.807) is 6.07 Å². The van der Waals surface area contributed by atoms with Crippen LogP contribution >= 0.6 is 11.8 Å². The molecule has 0 aliphatic rings. The third kappa shape index (κ3) is 3.76. The minimum Gasteiger partial charge on any atom is -0.398 e. The number of anilines is 1. The third-order valence-corrected chi connectivity index (χ3v) is 4.23. The molecule has 2 aromatic rings. The molecular weight excluding hydrogens is 354 g/mol. The number of nitrogen functional groups attached to an aromatic ring is 1. The molecule has 2 aromatic carbocycles. The summed E-state index contributed by atoms with van der Waals surface area (Å²) in [6.45, 7) is 0. The average Bonchev–Trinajstić information content (AvgIpc) is 2.47. The van der Waals surface area contributed by atoms with E-state index in [4.69, 9.17) is 11.0 Å². The molecule has 0 atom stereocenters. The van der Waals surface area contributed by atoms with Crippen molar-refractivity contribution in [3.05, 3.63) is 53.1 Å². The van der Waals surface area contributed by atoms with Gasteiger partial charge in [-0.05, 0) is 30.3 Å². The van der Waals surface area contributed by atoms with Crippen molar-refractivity contribution in [2.75, 3.05) is 5.73 Å². The molecule has 0 spiro atoms. The van der Waals surface area contributed by atoms with Crippen molar-refractivity contribution in [3.8, 4) is 6.07 Å². The van der Waals surface area contributed by atoms with E-state index in [-0.39, 0.29) is 16.1 Å². The van der Waals surface area contributed by atoms with Crippen molar-refractivity contribution in [2.45, 2.75) is 22.1 Å². The average molecular weight is 362 g/mol. The van der Waals surface area contributed by atoms with Crippen LogP contribution < -0.4 is 5.73 Å². The summed E-state index contributed by atoms with van der Waals surface area (Å²) in [5.41, 5.74) is 2.91. The van der Waals surface area contributed by atoms with Gasteiger partial charge in [-0.15, -0.1) is 0 Å². The van der Waals surface area contributed by atoms with Gasteiger partial charge in [0.25, 0.3) is 0 Å². The second-order valence-corrected chi connectivity index (χ2v) is 5.70. The quantitative estimate of drug-likeness (QED) is 0.580. The Morgan fingerprint density at radius 3 is 2.12 bits per heavy atom. The summed E-state index contributed by atoms with van der Waals surface area (Å²) in [6.07, 6.45) is -9.32. The Labute approximate surface area is 136 Å². The molecule has 0 aliphatic carbocycles. The first-order valence-electron chi connectivity index (χ1n) is 6.29. The number of hydrogen-bond acceptors (Lipinski definition) is 3. The lowest BCUT2D eigenvalue weighted by atomic mass is 10.1. The van der Waals surface area contributed by atoms with Gasteiger partial charge in [0.15, 0.2) is 0 Å². The lowest BCUT2D eigenvalue weighted by Gasteiger charge is -2.15. The number of halogens is 6. The maximum Gasteiger partial charge on any atom is 0.417 e. The van der Waals surface area contributed by atoms with E-state index in [0.29, 0.717) is 17.8 Å². The monoisotopic (exact) mass is 362 g/mol. The van der Waals surface area contributed by atoms with Crippen LogP contribution in [0.25, 0.3) is 0 Å². The van der Waals surface area contributed by atoms with Gasteiger partial charge < -0.3 is 5.73 Å². The number of alkyl halides is 6. The van der Waals surface area contributed by atoms with Gasteiger partial charge in [-0.2, -0.15) is 31.6 Å². The van der Waals surface area contributed by atoms with Crippen molar-refractivity contribution in [2.24, 2.45) is 0 Å². The Morgan fingerprint density at radius 1 is 0.958 bits per heavy atom. The van der Waals surface area contributed by atoms with E-state index < -0.39 is 28.4 Å². The van der Waals surface area contributed by atoms with Gasteiger partial charge in [0.2, 0.25) is 0 Å². The predicted molar refractivity (Wildman–Crippen MR) is 76.1 cm³/mol. The molecule has 24 heavy (non-hydrogen) atoms. The molecule has 0 aromatic heterocycles. The SMILES string of the molecule is N#Cc1cccc(C(F)(F)F)c1Sc1ccc(C(F)(F)F)cc1N. The molecule has 0 saturated carbocycles. The zero-order chi connectivity index (χ0) is 18.1. The number of hydrogen-bond donors (Lipinski definition) is 1. The first kappa shape index (κ1) is 18.0. The van der Waals surface area contributed by atoms with Crippen molar-refractivity contribution < 1.29 is 26.3 Å². The van der Waals surface area contributed by atoms with Gasteiger partial charge in [0.05, 0.1) is 16.7 Å². The predicted octanol–water partition coefficient (Wildman–Crippen LogP) is 5.33. The number of rotatable bonds is 2. The minimum absolute atomic E-state index is 0.00352. The highest BCUT2D eigenvalue weighted by atomic mass is 32.2. The molecule has 9 heteroatoms. The number of nitrogens with two attached hydrogens (primary N) is 1. The van der Waals surface area contributed by atoms with Crippen LogP contribution in [0.3, 0.4) is 0 Å². The van der Waals surface area contributed by atoms with Gasteiger partial charge in [-0.25, -0.2) is 0 Å². The second kappa shape index (κ2) is 6.28. The fourth-order valence-corrected chi connectivity index (χ4v) is 2.94. The first-order valence-corrected chi connectivity index (χ1v) is 7.10. The summed E-state index contributed by atoms with van der Waals surface area (Å²) in [5.74, 6) is 0. The molecule has 126 valence electrons. The van der Waals surface area contributed by atoms with Crippen molar-refractivity contribution in [1.29, 1.82) is 5.26 Å². The zero-order valence-electron chi connectivity index (χ0n) is 11.7. The molecule has 2 rings (SSSR count). The fraction of sp³-hybridized carbons (Fsp3) is 0.133. The van der Waals surface area contributed by atoms with Crippen LogP contribution in [-0.4, -0.2) is 0 Å². The van der Waals surface area contributed by atoms with Gasteiger partial charge in [0, 0.05) is 15.5 Å². The van der Waals surface area contributed by atoms with E-state index in [2.05, 4.69) is 0 Å². The lowest BCUT2D eigenvalue weighted by molar-refractivity contribution is -0.140. The van der Waals surface area contributed by atoms with Crippen molar-refractivity contribution in [1.82, 2.24) is 0 Å².